The van der Waals surface area contributed by atoms with Crippen LogP contribution in [-0.4, -0.2) is 60.6 Å². The molecule has 0 aromatic rings. The van der Waals surface area contributed by atoms with Crippen LogP contribution in [0, 0.1) is 11.3 Å². The molecule has 1 saturated heterocycles. The highest BCUT2D eigenvalue weighted by atomic mass is 15.2. The Kier molecular flexibility index (Phi) is 6.25. The van der Waals surface area contributed by atoms with Crippen LogP contribution in [0.4, 0.5) is 0 Å². The molecule has 3 unspecified atom stereocenters. The minimum atomic E-state index is -0.411. The highest BCUT2D eigenvalue weighted by Crippen LogP contribution is 2.20. The van der Waals surface area contributed by atoms with Gasteiger partial charge in [-0.3, -0.25) is 10.2 Å². The molecule has 0 radical (unpaired) electrons. The number of nitrogens with one attached hydrogen (secondary N) is 1. The van der Waals surface area contributed by atoms with Crippen LogP contribution in [0.25, 0.3) is 0 Å². The summed E-state index contributed by atoms with van der Waals surface area (Å²) in [5.74, 6) is 0. The smallest absolute Gasteiger partial charge is 0.105 e. The van der Waals surface area contributed by atoms with Gasteiger partial charge in [0.15, 0.2) is 0 Å². The highest BCUT2D eigenvalue weighted by Gasteiger charge is 2.30. The van der Waals surface area contributed by atoms with E-state index in [1.165, 1.54) is 13.0 Å². The molecule has 4 nitrogen and oxygen atoms in total. The van der Waals surface area contributed by atoms with Crippen LogP contribution in [0.3, 0.4) is 0 Å². The van der Waals surface area contributed by atoms with Gasteiger partial charge < -0.3 is 4.90 Å². The van der Waals surface area contributed by atoms with E-state index in [4.69, 9.17) is 0 Å². The summed E-state index contributed by atoms with van der Waals surface area (Å²) in [7, 11) is 2.20. The first-order chi connectivity index (χ1) is 8.91. The van der Waals surface area contributed by atoms with Crippen molar-refractivity contribution in [1.29, 1.82) is 5.26 Å². The quantitative estimate of drug-likeness (QED) is 0.822. The molecule has 3 atom stereocenters. The third kappa shape index (κ3) is 4.76. The van der Waals surface area contributed by atoms with E-state index in [0.717, 1.165) is 26.1 Å². The second-order valence-electron chi connectivity index (χ2n) is 6.23. The largest absolute Gasteiger partial charge is 0.305 e. The van der Waals surface area contributed by atoms with Gasteiger partial charge in [-0.2, -0.15) is 5.26 Å². The minimum Gasteiger partial charge on any atom is -0.305 e. The van der Waals surface area contributed by atoms with E-state index in [1.807, 2.05) is 6.92 Å². The first kappa shape index (κ1) is 16.4. The summed E-state index contributed by atoms with van der Waals surface area (Å²) >= 11 is 0. The zero-order valence-corrected chi connectivity index (χ0v) is 13.2. The summed E-state index contributed by atoms with van der Waals surface area (Å²) in [6.07, 6.45) is 2.10. The maximum absolute atomic E-state index is 9.39. The number of likely N-dealkylation sites (N-methyl/N-ethyl adjacent to an activating group) is 1. The lowest BCUT2D eigenvalue weighted by Gasteiger charge is -2.37. The van der Waals surface area contributed by atoms with Crippen LogP contribution in [0.15, 0.2) is 0 Å². The van der Waals surface area contributed by atoms with Crippen molar-refractivity contribution < 1.29 is 0 Å². The lowest BCUT2D eigenvalue weighted by atomic mass is 9.93. The molecule has 4 heteroatoms. The second kappa shape index (κ2) is 7.23. The van der Waals surface area contributed by atoms with Crippen molar-refractivity contribution in [2.75, 3.05) is 33.2 Å². The number of nitrogens with zero attached hydrogens (tertiary/aromatic N) is 3. The molecule has 0 aromatic heterocycles. The molecule has 1 aliphatic heterocycles. The summed E-state index contributed by atoms with van der Waals surface area (Å²) in [5.41, 5.74) is -0.411. The summed E-state index contributed by atoms with van der Waals surface area (Å²) < 4.78 is 0. The van der Waals surface area contributed by atoms with Crippen LogP contribution in [-0.2, 0) is 0 Å². The lowest BCUT2D eigenvalue weighted by molar-refractivity contribution is 0.131. The number of rotatable bonds is 5. The molecule has 1 rings (SSSR count). The van der Waals surface area contributed by atoms with Crippen molar-refractivity contribution in [3.63, 3.8) is 0 Å². The van der Waals surface area contributed by atoms with Gasteiger partial charge in [-0.1, -0.05) is 6.92 Å². The average Bonchev–Trinajstić information content (AvgIpc) is 2.50. The lowest BCUT2D eigenvalue weighted by Crippen LogP contribution is -2.50. The molecule has 0 aromatic carbocycles. The molecule has 1 heterocycles. The molecule has 19 heavy (non-hydrogen) atoms. The van der Waals surface area contributed by atoms with Gasteiger partial charge in [-0.05, 0) is 60.3 Å². The van der Waals surface area contributed by atoms with Crippen molar-refractivity contribution in [2.45, 2.75) is 58.2 Å². The monoisotopic (exact) mass is 266 g/mol. The summed E-state index contributed by atoms with van der Waals surface area (Å²) in [5, 5.41) is 12.7. The second-order valence-corrected chi connectivity index (χ2v) is 6.23. The fourth-order valence-electron chi connectivity index (χ4n) is 3.30. The van der Waals surface area contributed by atoms with E-state index >= 15 is 0 Å². The van der Waals surface area contributed by atoms with Gasteiger partial charge in [-0.25, -0.2) is 0 Å². The Morgan fingerprint density at radius 2 is 2.16 bits per heavy atom. The molecule has 0 spiro atoms. The fraction of sp³-hybridized carbons (Fsp3) is 0.933. The summed E-state index contributed by atoms with van der Waals surface area (Å²) in [6.45, 7) is 12.9. The predicted octanol–water partition coefficient (Wildman–Crippen LogP) is 1.68. The SMILES string of the molecule is CCNC(C)(C#N)CC(C)N1CCCN(C)CC1C. The number of hydrogen-bond acceptors (Lipinski definition) is 4. The van der Waals surface area contributed by atoms with E-state index in [2.05, 4.69) is 49.0 Å². The van der Waals surface area contributed by atoms with Gasteiger partial charge in [0.1, 0.15) is 5.54 Å². The minimum absolute atomic E-state index is 0.411. The molecule has 0 aliphatic carbocycles. The molecular formula is C15H30N4. The normalized spacial score (nSPS) is 27.3. The Hall–Kier alpha value is -0.630. The van der Waals surface area contributed by atoms with E-state index < -0.39 is 5.54 Å². The third-order valence-corrected chi connectivity index (χ3v) is 4.18. The number of nitriles is 1. The van der Waals surface area contributed by atoms with Crippen LogP contribution < -0.4 is 5.32 Å². The van der Waals surface area contributed by atoms with Crippen LogP contribution >= 0.6 is 0 Å². The van der Waals surface area contributed by atoms with Crippen molar-refractivity contribution in [3.8, 4) is 6.07 Å². The Morgan fingerprint density at radius 3 is 2.74 bits per heavy atom. The Bertz CT molecular complexity index is 312. The van der Waals surface area contributed by atoms with Gasteiger partial charge in [-0.15, -0.1) is 0 Å². The zero-order chi connectivity index (χ0) is 14.5. The Balaban J connectivity index is 2.65. The van der Waals surface area contributed by atoms with Gasteiger partial charge in [0, 0.05) is 18.6 Å². The van der Waals surface area contributed by atoms with Crippen molar-refractivity contribution in [1.82, 2.24) is 15.1 Å². The van der Waals surface area contributed by atoms with Gasteiger partial charge in [0.2, 0.25) is 0 Å². The zero-order valence-electron chi connectivity index (χ0n) is 13.2. The van der Waals surface area contributed by atoms with Crippen molar-refractivity contribution >= 4 is 0 Å². The maximum atomic E-state index is 9.39. The van der Waals surface area contributed by atoms with Crippen LogP contribution in [0.1, 0.15) is 40.5 Å². The van der Waals surface area contributed by atoms with Crippen LogP contribution in [0.2, 0.25) is 0 Å². The van der Waals surface area contributed by atoms with Gasteiger partial charge in [0.25, 0.3) is 0 Å². The standard InChI is InChI=1S/C15H30N4/c1-6-17-15(4,12-16)10-13(2)19-9-7-8-18(5)11-14(19)3/h13-14,17H,6-11H2,1-5H3. The Labute approximate surface area is 118 Å². The number of hydrogen-bond donors (Lipinski definition) is 1. The van der Waals surface area contributed by atoms with Crippen LogP contribution in [0.5, 0.6) is 0 Å². The molecule has 1 aliphatic rings. The third-order valence-electron chi connectivity index (χ3n) is 4.18. The van der Waals surface area contributed by atoms with Gasteiger partial charge >= 0.3 is 0 Å². The first-order valence-corrected chi connectivity index (χ1v) is 7.52. The molecule has 1 N–H and O–H groups in total. The predicted molar refractivity (Wildman–Crippen MR) is 80.1 cm³/mol. The molecule has 0 bridgehead atoms. The Morgan fingerprint density at radius 1 is 1.47 bits per heavy atom. The van der Waals surface area contributed by atoms with E-state index in [0.29, 0.717) is 12.1 Å². The van der Waals surface area contributed by atoms with Crippen molar-refractivity contribution in [3.05, 3.63) is 0 Å². The highest BCUT2D eigenvalue weighted by molar-refractivity contribution is 5.05. The molecular weight excluding hydrogens is 236 g/mol. The topological polar surface area (TPSA) is 42.3 Å². The van der Waals surface area contributed by atoms with E-state index in [-0.39, 0.29) is 0 Å². The first-order valence-electron chi connectivity index (χ1n) is 7.52. The van der Waals surface area contributed by atoms with Gasteiger partial charge in [0.05, 0.1) is 6.07 Å². The average molecular weight is 266 g/mol. The molecule has 110 valence electrons. The summed E-state index contributed by atoms with van der Waals surface area (Å²) in [6, 6.07) is 3.44. The van der Waals surface area contributed by atoms with E-state index in [9.17, 15) is 5.26 Å². The van der Waals surface area contributed by atoms with Crippen molar-refractivity contribution in [2.24, 2.45) is 0 Å². The fourth-order valence-corrected chi connectivity index (χ4v) is 3.30. The van der Waals surface area contributed by atoms with E-state index in [1.54, 1.807) is 0 Å². The molecule has 0 saturated carbocycles. The summed E-state index contributed by atoms with van der Waals surface area (Å²) in [4.78, 5) is 4.97. The molecule has 1 fully saturated rings. The molecule has 0 amide bonds. The maximum Gasteiger partial charge on any atom is 0.105 e.